The minimum Gasteiger partial charge on any atom is -0.356 e. The number of piperidine rings is 1. The summed E-state index contributed by atoms with van der Waals surface area (Å²) in [4.78, 5) is 17.1. The predicted octanol–water partition coefficient (Wildman–Crippen LogP) is 5.02. The molecule has 1 aliphatic heterocycles. The zero-order valence-electron chi connectivity index (χ0n) is 16.8. The molecule has 1 saturated heterocycles. The molecule has 2 N–H and O–H groups in total. The molecule has 0 bridgehead atoms. The molecular weight excluding hydrogens is 394 g/mol. The van der Waals surface area contributed by atoms with Crippen molar-refractivity contribution in [3.63, 3.8) is 0 Å². The third-order valence-electron chi connectivity index (χ3n) is 5.17. The summed E-state index contributed by atoms with van der Waals surface area (Å²) >= 11 is 1.60. The molecule has 0 unspecified atom stereocenters. The number of benzene rings is 1. The Morgan fingerprint density at radius 1 is 1.07 bits per heavy atom. The van der Waals surface area contributed by atoms with Crippen molar-refractivity contribution in [3.05, 3.63) is 52.9 Å². The summed E-state index contributed by atoms with van der Waals surface area (Å²) in [5, 5.41) is 12.3. The minimum absolute atomic E-state index is 0.770. The maximum atomic E-state index is 4.62. The van der Waals surface area contributed by atoms with Crippen molar-refractivity contribution >= 4 is 51.2 Å². The van der Waals surface area contributed by atoms with E-state index in [1.807, 2.05) is 31.5 Å². The molecule has 0 radical (unpaired) electrons. The summed E-state index contributed by atoms with van der Waals surface area (Å²) in [6.45, 7) is 4.06. The Labute approximate surface area is 178 Å². The number of rotatable bonds is 5. The first-order valence-corrected chi connectivity index (χ1v) is 11.0. The molecule has 5 rings (SSSR count). The highest BCUT2D eigenvalue weighted by atomic mass is 32.1. The Kier molecular flexibility index (Phi) is 5.15. The maximum absolute atomic E-state index is 4.62. The third-order valence-corrected chi connectivity index (χ3v) is 6.05. The zero-order valence-corrected chi connectivity index (χ0v) is 17.6. The van der Waals surface area contributed by atoms with Gasteiger partial charge in [0.25, 0.3) is 0 Å². The van der Waals surface area contributed by atoms with Crippen LogP contribution in [0.1, 0.15) is 35.5 Å². The van der Waals surface area contributed by atoms with E-state index in [1.54, 1.807) is 11.3 Å². The monoisotopic (exact) mass is 417 g/mol. The highest BCUT2D eigenvalue weighted by Crippen LogP contribution is 2.26. The zero-order chi connectivity index (χ0) is 20.3. The minimum atomic E-state index is 0.770. The summed E-state index contributed by atoms with van der Waals surface area (Å²) in [7, 11) is 0. The van der Waals surface area contributed by atoms with Crippen LogP contribution in [0.25, 0.3) is 23.1 Å². The van der Waals surface area contributed by atoms with Gasteiger partial charge in [-0.05, 0) is 50.0 Å². The van der Waals surface area contributed by atoms with E-state index in [0.29, 0.717) is 0 Å². The van der Waals surface area contributed by atoms with Gasteiger partial charge in [-0.2, -0.15) is 5.10 Å². The number of nitrogens with one attached hydrogen (secondary N) is 2. The average Bonchev–Trinajstić information content (AvgIpc) is 3.41. The second-order valence-corrected chi connectivity index (χ2v) is 8.51. The van der Waals surface area contributed by atoms with E-state index in [4.69, 9.17) is 0 Å². The van der Waals surface area contributed by atoms with Gasteiger partial charge >= 0.3 is 0 Å². The first-order valence-electron chi connectivity index (χ1n) is 10.2. The third kappa shape index (κ3) is 4.18. The summed E-state index contributed by atoms with van der Waals surface area (Å²) in [5.41, 5.74) is 2.17. The topological polar surface area (TPSA) is 82.6 Å². The lowest BCUT2D eigenvalue weighted by Gasteiger charge is -2.28. The Morgan fingerprint density at radius 2 is 1.97 bits per heavy atom. The van der Waals surface area contributed by atoms with Gasteiger partial charge in [0.05, 0.1) is 11.7 Å². The number of fused-ring (bicyclic) bond motifs is 1. The molecule has 4 heterocycles. The highest BCUT2D eigenvalue weighted by Gasteiger charge is 2.14. The van der Waals surface area contributed by atoms with Crippen LogP contribution in [0.5, 0.6) is 0 Å². The van der Waals surface area contributed by atoms with Crippen LogP contribution in [-0.2, 0) is 0 Å². The maximum Gasteiger partial charge on any atom is 0.188 e. The van der Waals surface area contributed by atoms with E-state index in [-0.39, 0.29) is 0 Å². The number of anilines is 3. The lowest BCUT2D eigenvalue weighted by Crippen LogP contribution is -2.30. The number of aryl methyl sites for hydroxylation is 1. The van der Waals surface area contributed by atoms with Gasteiger partial charge in [0.15, 0.2) is 5.13 Å². The number of hydrogen-bond donors (Lipinski definition) is 2. The quantitative estimate of drug-likeness (QED) is 0.474. The Bertz CT molecular complexity index is 1190. The molecule has 0 spiro atoms. The smallest absolute Gasteiger partial charge is 0.188 e. The number of H-pyrrole nitrogens is 1. The van der Waals surface area contributed by atoms with E-state index in [1.165, 1.54) is 19.3 Å². The number of hydrogen-bond acceptors (Lipinski definition) is 7. The predicted molar refractivity (Wildman–Crippen MR) is 123 cm³/mol. The van der Waals surface area contributed by atoms with Crippen LogP contribution in [0.3, 0.4) is 0 Å². The fraction of sp³-hybridized carbons (Fsp3) is 0.273. The van der Waals surface area contributed by atoms with Gasteiger partial charge in [-0.15, -0.1) is 0 Å². The molecule has 1 aliphatic rings. The van der Waals surface area contributed by atoms with Gasteiger partial charge in [0.1, 0.15) is 17.5 Å². The van der Waals surface area contributed by atoms with E-state index in [9.17, 15) is 0 Å². The van der Waals surface area contributed by atoms with Crippen LogP contribution in [0, 0.1) is 6.92 Å². The largest absolute Gasteiger partial charge is 0.356 e. The Morgan fingerprint density at radius 3 is 2.87 bits per heavy atom. The van der Waals surface area contributed by atoms with E-state index in [0.717, 1.165) is 57.0 Å². The van der Waals surface area contributed by atoms with Crippen LogP contribution in [0.2, 0.25) is 0 Å². The highest BCUT2D eigenvalue weighted by molar-refractivity contribution is 7.16. The lowest BCUT2D eigenvalue weighted by atomic mass is 10.1. The fourth-order valence-electron chi connectivity index (χ4n) is 3.68. The van der Waals surface area contributed by atoms with Crippen molar-refractivity contribution in [1.82, 2.24) is 25.1 Å². The van der Waals surface area contributed by atoms with Crippen molar-refractivity contribution in [2.24, 2.45) is 0 Å². The van der Waals surface area contributed by atoms with Gasteiger partial charge in [-0.1, -0.05) is 23.5 Å². The normalized spacial score (nSPS) is 14.6. The molecular formula is C22H23N7S. The van der Waals surface area contributed by atoms with Crippen molar-refractivity contribution in [2.75, 3.05) is 23.3 Å². The first kappa shape index (κ1) is 18.7. The van der Waals surface area contributed by atoms with Gasteiger partial charge in [0, 0.05) is 35.6 Å². The summed E-state index contributed by atoms with van der Waals surface area (Å²) in [5.74, 6) is 2.56. The molecule has 4 aromatic rings. The van der Waals surface area contributed by atoms with Crippen molar-refractivity contribution in [2.45, 2.75) is 26.2 Å². The standard InChI is InChI=1S/C22H23N7S/c1-15-25-20(12-21(26-15)29-9-3-2-4-10-29)27-22-23-14-18(30-22)7-5-16-6-8-19-17(11-16)13-24-28-19/h5-8,11-14H,2-4,9-10H2,1H3,(H,24,28)(H,23,25,26,27)/b7-5+. The van der Waals surface area contributed by atoms with E-state index >= 15 is 0 Å². The van der Waals surface area contributed by atoms with Gasteiger partial charge in [0.2, 0.25) is 0 Å². The molecule has 0 amide bonds. The van der Waals surface area contributed by atoms with Gasteiger partial charge in [-0.3, -0.25) is 5.10 Å². The number of nitrogens with zero attached hydrogens (tertiary/aromatic N) is 5. The van der Waals surface area contributed by atoms with Crippen LogP contribution in [-0.4, -0.2) is 38.2 Å². The van der Waals surface area contributed by atoms with Crippen molar-refractivity contribution < 1.29 is 0 Å². The molecule has 0 aliphatic carbocycles. The molecule has 30 heavy (non-hydrogen) atoms. The van der Waals surface area contributed by atoms with Crippen molar-refractivity contribution in [1.29, 1.82) is 0 Å². The summed E-state index contributed by atoms with van der Waals surface area (Å²) in [6.07, 6.45) is 11.6. The molecule has 152 valence electrons. The molecule has 1 aromatic carbocycles. The number of aromatic nitrogens is 5. The first-order chi connectivity index (χ1) is 14.7. The Balaban J connectivity index is 1.30. The van der Waals surface area contributed by atoms with Gasteiger partial charge in [-0.25, -0.2) is 15.0 Å². The molecule has 8 heteroatoms. The molecule has 1 fully saturated rings. The summed E-state index contributed by atoms with van der Waals surface area (Å²) < 4.78 is 0. The second kappa shape index (κ2) is 8.23. The Hall–Kier alpha value is -3.26. The van der Waals surface area contributed by atoms with Crippen molar-refractivity contribution in [3.8, 4) is 0 Å². The lowest BCUT2D eigenvalue weighted by molar-refractivity contribution is 0.572. The number of thiazole rings is 1. The SMILES string of the molecule is Cc1nc(Nc2ncc(/C=C/c3ccc4[nH]ncc4c3)s2)cc(N2CCCCC2)n1. The fourth-order valence-corrected chi connectivity index (χ4v) is 4.40. The van der Waals surface area contributed by atoms with E-state index < -0.39 is 0 Å². The summed E-state index contributed by atoms with van der Waals surface area (Å²) in [6, 6.07) is 8.25. The van der Waals surface area contributed by atoms with Gasteiger partial charge < -0.3 is 10.2 Å². The molecule has 3 aromatic heterocycles. The molecule has 0 atom stereocenters. The van der Waals surface area contributed by atoms with E-state index in [2.05, 4.69) is 59.7 Å². The van der Waals surface area contributed by atoms with Crippen LogP contribution in [0.4, 0.5) is 16.8 Å². The molecule has 7 nitrogen and oxygen atoms in total. The van der Waals surface area contributed by atoms with Crippen LogP contribution >= 0.6 is 11.3 Å². The number of aromatic amines is 1. The average molecular weight is 418 g/mol. The second-order valence-electron chi connectivity index (χ2n) is 7.45. The molecule has 0 saturated carbocycles. The van der Waals surface area contributed by atoms with Crippen LogP contribution in [0.15, 0.2) is 36.7 Å². The van der Waals surface area contributed by atoms with Crippen LogP contribution < -0.4 is 10.2 Å².